The van der Waals surface area contributed by atoms with Gasteiger partial charge in [0.25, 0.3) is 0 Å². The van der Waals surface area contributed by atoms with Crippen molar-refractivity contribution in [3.05, 3.63) is 0 Å². The molecule has 2 amide bonds. The van der Waals surface area contributed by atoms with Crippen molar-refractivity contribution >= 4 is 24.2 Å². The number of hydrogen-bond donors (Lipinski definition) is 1. The molecular formula is C9H16ClN3O2. The molecule has 6 heteroatoms. The van der Waals surface area contributed by atoms with Gasteiger partial charge in [0.2, 0.25) is 11.8 Å². The van der Waals surface area contributed by atoms with Crippen LogP contribution in [0, 0.1) is 0 Å². The van der Waals surface area contributed by atoms with Crippen molar-refractivity contribution < 1.29 is 9.59 Å². The highest BCUT2D eigenvalue weighted by molar-refractivity contribution is 5.88. The number of likely N-dealkylation sites (N-methyl/N-ethyl adjacent to an activating group) is 1. The van der Waals surface area contributed by atoms with E-state index in [9.17, 15) is 9.59 Å². The summed E-state index contributed by atoms with van der Waals surface area (Å²) in [5.41, 5.74) is 0. The molecule has 1 atom stereocenters. The molecule has 5 nitrogen and oxygen atoms in total. The minimum atomic E-state index is -0.0359. The van der Waals surface area contributed by atoms with Crippen LogP contribution in [-0.2, 0) is 9.59 Å². The first-order valence-corrected chi connectivity index (χ1v) is 4.94. The highest BCUT2D eigenvalue weighted by Crippen LogP contribution is 2.09. The summed E-state index contributed by atoms with van der Waals surface area (Å²) in [5, 5.41) is 3.05. The summed E-state index contributed by atoms with van der Waals surface area (Å²) in [7, 11) is 1.77. The minimum Gasteiger partial charge on any atom is -0.342 e. The third-order valence-corrected chi connectivity index (χ3v) is 2.89. The van der Waals surface area contributed by atoms with E-state index in [1.807, 2.05) is 0 Å². The second-order valence-electron chi connectivity index (χ2n) is 3.87. The first-order valence-electron chi connectivity index (χ1n) is 4.94. The zero-order valence-electron chi connectivity index (χ0n) is 8.73. The number of amides is 2. The zero-order chi connectivity index (χ0) is 10.1. The van der Waals surface area contributed by atoms with Gasteiger partial charge in [-0.1, -0.05) is 0 Å². The van der Waals surface area contributed by atoms with Crippen LogP contribution in [0.1, 0.15) is 6.42 Å². The maximum absolute atomic E-state index is 11.7. The Morgan fingerprint density at radius 3 is 2.60 bits per heavy atom. The van der Waals surface area contributed by atoms with E-state index in [2.05, 4.69) is 5.32 Å². The molecule has 0 saturated carbocycles. The molecule has 2 aliphatic rings. The highest BCUT2D eigenvalue weighted by Gasteiger charge is 2.32. The van der Waals surface area contributed by atoms with Crippen molar-refractivity contribution in [2.75, 3.05) is 33.2 Å². The number of nitrogens with zero attached hydrogens (tertiary/aromatic N) is 2. The Morgan fingerprint density at radius 1 is 1.47 bits per heavy atom. The molecule has 0 bridgehead atoms. The van der Waals surface area contributed by atoms with Crippen LogP contribution in [0.5, 0.6) is 0 Å². The van der Waals surface area contributed by atoms with Crippen molar-refractivity contribution in [1.82, 2.24) is 15.1 Å². The summed E-state index contributed by atoms with van der Waals surface area (Å²) in [4.78, 5) is 26.4. The Balaban J connectivity index is 0.00000112. The molecule has 0 aromatic carbocycles. The number of hydrogen-bond acceptors (Lipinski definition) is 3. The molecule has 0 spiro atoms. The van der Waals surface area contributed by atoms with Crippen LogP contribution in [0.15, 0.2) is 0 Å². The summed E-state index contributed by atoms with van der Waals surface area (Å²) in [6.07, 6.45) is 0.902. The van der Waals surface area contributed by atoms with Gasteiger partial charge in [-0.05, 0) is 13.0 Å². The number of nitrogens with one attached hydrogen (secondary N) is 1. The van der Waals surface area contributed by atoms with Gasteiger partial charge < -0.3 is 15.1 Å². The Labute approximate surface area is 95.2 Å². The highest BCUT2D eigenvalue weighted by atomic mass is 35.5. The third kappa shape index (κ3) is 2.41. The van der Waals surface area contributed by atoms with E-state index in [4.69, 9.17) is 0 Å². The lowest BCUT2D eigenvalue weighted by Crippen LogP contribution is -2.59. The fourth-order valence-electron chi connectivity index (χ4n) is 1.67. The average molecular weight is 234 g/mol. The molecule has 0 unspecified atom stereocenters. The first-order chi connectivity index (χ1) is 6.68. The van der Waals surface area contributed by atoms with Crippen LogP contribution in [-0.4, -0.2) is 60.9 Å². The largest absolute Gasteiger partial charge is 0.342 e. The SMILES string of the molecule is CN1CCN(C(=O)[C@H]2CCN2)CC1=O.Cl. The van der Waals surface area contributed by atoms with E-state index in [1.165, 1.54) is 0 Å². The quantitative estimate of drug-likeness (QED) is 0.637. The molecule has 0 aromatic heterocycles. The van der Waals surface area contributed by atoms with E-state index in [-0.39, 0.29) is 36.8 Å². The predicted octanol–water partition coefficient (Wildman–Crippen LogP) is -0.929. The second kappa shape index (κ2) is 4.81. The smallest absolute Gasteiger partial charge is 0.241 e. The first kappa shape index (κ1) is 12.3. The molecule has 86 valence electrons. The van der Waals surface area contributed by atoms with E-state index in [0.717, 1.165) is 13.0 Å². The molecule has 2 fully saturated rings. The van der Waals surface area contributed by atoms with E-state index in [1.54, 1.807) is 16.8 Å². The molecule has 0 aliphatic carbocycles. The lowest BCUT2D eigenvalue weighted by molar-refractivity contribution is -0.146. The van der Waals surface area contributed by atoms with Crippen molar-refractivity contribution in [3.8, 4) is 0 Å². The molecule has 2 saturated heterocycles. The van der Waals surface area contributed by atoms with Crippen LogP contribution in [0.25, 0.3) is 0 Å². The fourth-order valence-corrected chi connectivity index (χ4v) is 1.67. The number of carbonyl (C=O) groups is 2. The fraction of sp³-hybridized carbons (Fsp3) is 0.778. The molecule has 15 heavy (non-hydrogen) atoms. The van der Waals surface area contributed by atoms with Gasteiger partial charge in [-0.15, -0.1) is 12.4 Å². The number of halogens is 1. The van der Waals surface area contributed by atoms with Gasteiger partial charge in [-0.3, -0.25) is 9.59 Å². The summed E-state index contributed by atoms with van der Waals surface area (Å²) < 4.78 is 0. The predicted molar refractivity (Wildman–Crippen MR) is 57.9 cm³/mol. The summed E-state index contributed by atoms with van der Waals surface area (Å²) in [5.74, 6) is 0.113. The summed E-state index contributed by atoms with van der Waals surface area (Å²) in [6.45, 7) is 2.47. The van der Waals surface area contributed by atoms with Crippen LogP contribution >= 0.6 is 12.4 Å². The van der Waals surface area contributed by atoms with Gasteiger partial charge in [0.15, 0.2) is 0 Å². The second-order valence-corrected chi connectivity index (χ2v) is 3.87. The van der Waals surface area contributed by atoms with Gasteiger partial charge in [0.1, 0.15) is 0 Å². The minimum absolute atomic E-state index is 0. The van der Waals surface area contributed by atoms with Crippen LogP contribution < -0.4 is 5.32 Å². The third-order valence-electron chi connectivity index (χ3n) is 2.89. The Kier molecular flexibility index (Phi) is 3.93. The van der Waals surface area contributed by atoms with Gasteiger partial charge in [0, 0.05) is 20.1 Å². The summed E-state index contributed by atoms with van der Waals surface area (Å²) in [6, 6.07) is -0.0359. The molecule has 0 aromatic rings. The van der Waals surface area contributed by atoms with E-state index >= 15 is 0 Å². The van der Waals surface area contributed by atoms with Crippen molar-refractivity contribution in [1.29, 1.82) is 0 Å². The average Bonchev–Trinajstić information content (AvgIpc) is 2.06. The van der Waals surface area contributed by atoms with Crippen molar-refractivity contribution in [2.45, 2.75) is 12.5 Å². The van der Waals surface area contributed by atoms with Gasteiger partial charge in [0.05, 0.1) is 12.6 Å². The summed E-state index contributed by atoms with van der Waals surface area (Å²) >= 11 is 0. The topological polar surface area (TPSA) is 52.6 Å². The normalized spacial score (nSPS) is 25.7. The van der Waals surface area contributed by atoms with Gasteiger partial charge in [-0.25, -0.2) is 0 Å². The Hall–Kier alpha value is -0.810. The zero-order valence-corrected chi connectivity index (χ0v) is 9.55. The lowest BCUT2D eigenvalue weighted by Gasteiger charge is -2.36. The Bertz CT molecular complexity index is 268. The standard InChI is InChI=1S/C9H15N3O2.ClH/c1-11-4-5-12(6-8(11)13)9(14)7-2-3-10-7;/h7,10H,2-6H2,1H3;1H/t7-;/m1./s1. The van der Waals surface area contributed by atoms with Crippen molar-refractivity contribution in [2.24, 2.45) is 0 Å². The molecule has 2 aliphatic heterocycles. The van der Waals surface area contributed by atoms with Crippen LogP contribution in [0.4, 0.5) is 0 Å². The molecule has 1 N–H and O–H groups in total. The number of piperazine rings is 1. The maximum atomic E-state index is 11.7. The molecule has 0 radical (unpaired) electrons. The molecule has 2 heterocycles. The lowest BCUT2D eigenvalue weighted by atomic mass is 10.1. The van der Waals surface area contributed by atoms with Crippen LogP contribution in [0.2, 0.25) is 0 Å². The number of carbonyl (C=O) groups excluding carboxylic acids is 2. The molecular weight excluding hydrogens is 218 g/mol. The van der Waals surface area contributed by atoms with Gasteiger partial charge >= 0.3 is 0 Å². The van der Waals surface area contributed by atoms with E-state index < -0.39 is 0 Å². The number of rotatable bonds is 1. The maximum Gasteiger partial charge on any atom is 0.241 e. The Morgan fingerprint density at radius 2 is 2.13 bits per heavy atom. The monoisotopic (exact) mass is 233 g/mol. The van der Waals surface area contributed by atoms with E-state index in [0.29, 0.717) is 13.1 Å². The molecule has 2 rings (SSSR count). The van der Waals surface area contributed by atoms with Crippen molar-refractivity contribution in [3.63, 3.8) is 0 Å². The van der Waals surface area contributed by atoms with Crippen LogP contribution in [0.3, 0.4) is 0 Å². The van der Waals surface area contributed by atoms with Gasteiger partial charge in [-0.2, -0.15) is 0 Å².